The Bertz CT molecular complexity index is 250. The van der Waals surface area contributed by atoms with Crippen LogP contribution >= 0.6 is 11.6 Å². The van der Waals surface area contributed by atoms with Crippen molar-refractivity contribution in [3.8, 4) is 5.92 Å². The van der Waals surface area contributed by atoms with Gasteiger partial charge in [0, 0.05) is 0 Å². The van der Waals surface area contributed by atoms with Gasteiger partial charge in [-0.05, 0) is 5.02 Å². The maximum absolute atomic E-state index is 6.75. The third kappa shape index (κ3) is 2.21. The van der Waals surface area contributed by atoms with Crippen LogP contribution in [0, 0.1) is 12.3 Å². The standard InChI is InChI=1S/C8H4Cl.Ag/c1-2-7-5-3-4-6-8(7)9;/h3-6H;/q-1;+1. The Morgan fingerprint density at radius 1 is 1.30 bits per heavy atom. The van der Waals surface area contributed by atoms with Gasteiger partial charge in [-0.25, -0.2) is 0 Å². The summed E-state index contributed by atoms with van der Waals surface area (Å²) in [5.74, 6) is 2.21. The van der Waals surface area contributed by atoms with Crippen LogP contribution in [0.5, 0.6) is 0 Å². The molecule has 0 heterocycles. The van der Waals surface area contributed by atoms with E-state index in [9.17, 15) is 0 Å². The number of benzene rings is 1. The van der Waals surface area contributed by atoms with Crippen LogP contribution in [0.15, 0.2) is 24.3 Å². The van der Waals surface area contributed by atoms with Gasteiger partial charge in [-0.15, -0.1) is 23.2 Å². The molecule has 0 N–H and O–H groups in total. The van der Waals surface area contributed by atoms with E-state index in [0.29, 0.717) is 10.6 Å². The molecule has 0 aliphatic heterocycles. The minimum absolute atomic E-state index is 0. The molecule has 1 aromatic carbocycles. The van der Waals surface area contributed by atoms with E-state index in [1.165, 1.54) is 0 Å². The van der Waals surface area contributed by atoms with Crippen molar-refractivity contribution in [2.24, 2.45) is 0 Å². The maximum Gasteiger partial charge on any atom is 1.00 e. The molecule has 0 fully saturated rings. The molecule has 0 saturated heterocycles. The number of hydrogen-bond donors (Lipinski definition) is 0. The Morgan fingerprint density at radius 2 is 1.90 bits per heavy atom. The number of hydrogen-bond acceptors (Lipinski definition) is 0. The summed E-state index contributed by atoms with van der Waals surface area (Å²) in [6, 6.07) is 7.12. The Labute approximate surface area is 81.1 Å². The summed E-state index contributed by atoms with van der Waals surface area (Å²) in [6.07, 6.45) is 6.75. The Morgan fingerprint density at radius 3 is 2.30 bits per heavy atom. The first-order chi connectivity index (χ1) is 4.34. The molecule has 0 atom stereocenters. The fourth-order valence-corrected chi connectivity index (χ4v) is 0.746. The minimum atomic E-state index is 0. The molecule has 2 heteroatoms. The predicted octanol–water partition coefficient (Wildman–Crippen LogP) is 2.28. The van der Waals surface area contributed by atoms with Crippen LogP contribution in [-0.4, -0.2) is 0 Å². The van der Waals surface area contributed by atoms with Gasteiger partial charge < -0.3 is 6.42 Å². The van der Waals surface area contributed by atoms with E-state index in [1.54, 1.807) is 12.1 Å². The molecular formula is C8H4AgCl. The number of rotatable bonds is 0. The second-order valence-electron chi connectivity index (χ2n) is 1.60. The van der Waals surface area contributed by atoms with Crippen molar-refractivity contribution >= 4 is 11.6 Å². The monoisotopic (exact) mass is 242 g/mol. The summed E-state index contributed by atoms with van der Waals surface area (Å²) < 4.78 is 0. The maximum atomic E-state index is 6.75. The van der Waals surface area contributed by atoms with Gasteiger partial charge in [0.05, 0.1) is 0 Å². The fourth-order valence-electron chi connectivity index (χ4n) is 0.563. The average molecular weight is 243 g/mol. The average Bonchev–Trinajstić information content (AvgIpc) is 1.89. The topological polar surface area (TPSA) is 0 Å². The zero-order chi connectivity index (χ0) is 6.69. The van der Waals surface area contributed by atoms with Gasteiger partial charge >= 0.3 is 22.4 Å². The fraction of sp³-hybridized carbons (Fsp3) is 0. The summed E-state index contributed by atoms with van der Waals surface area (Å²) in [7, 11) is 0. The van der Waals surface area contributed by atoms with Crippen molar-refractivity contribution in [2.75, 3.05) is 0 Å². The summed E-state index contributed by atoms with van der Waals surface area (Å²) in [5, 5.41) is 0.576. The van der Waals surface area contributed by atoms with Gasteiger partial charge in [0.2, 0.25) is 0 Å². The van der Waals surface area contributed by atoms with E-state index in [-0.39, 0.29) is 22.4 Å². The molecule has 0 nitrogen and oxygen atoms in total. The molecule has 0 aliphatic rings. The predicted molar refractivity (Wildman–Crippen MR) is 37.7 cm³/mol. The third-order valence-electron chi connectivity index (χ3n) is 1.01. The van der Waals surface area contributed by atoms with Crippen LogP contribution in [0.25, 0.3) is 0 Å². The zero-order valence-electron chi connectivity index (χ0n) is 4.99. The van der Waals surface area contributed by atoms with Crippen molar-refractivity contribution < 1.29 is 22.4 Å². The van der Waals surface area contributed by atoms with Crippen molar-refractivity contribution in [3.63, 3.8) is 0 Å². The second kappa shape index (κ2) is 4.60. The first-order valence-electron chi connectivity index (χ1n) is 2.52. The van der Waals surface area contributed by atoms with Crippen LogP contribution in [0.3, 0.4) is 0 Å². The number of halogens is 1. The van der Waals surface area contributed by atoms with Gasteiger partial charge in [0.1, 0.15) is 0 Å². The molecule has 1 rings (SSSR count). The van der Waals surface area contributed by atoms with Gasteiger partial charge in [0.15, 0.2) is 0 Å². The van der Waals surface area contributed by atoms with E-state index in [4.69, 9.17) is 18.0 Å². The molecule has 0 radical (unpaired) electrons. The van der Waals surface area contributed by atoms with E-state index >= 15 is 0 Å². The smallest absolute Gasteiger partial charge is 0.366 e. The molecule has 0 saturated carbocycles. The van der Waals surface area contributed by atoms with E-state index < -0.39 is 0 Å². The molecule has 0 aliphatic carbocycles. The van der Waals surface area contributed by atoms with Crippen LogP contribution < -0.4 is 0 Å². The largest absolute Gasteiger partial charge is 1.00 e. The van der Waals surface area contributed by atoms with E-state index in [2.05, 4.69) is 5.92 Å². The molecule has 0 amide bonds. The second-order valence-corrected chi connectivity index (χ2v) is 2.01. The molecule has 0 spiro atoms. The quantitative estimate of drug-likeness (QED) is 0.372. The molecule has 1 aromatic rings. The van der Waals surface area contributed by atoms with E-state index in [1.807, 2.05) is 12.1 Å². The van der Waals surface area contributed by atoms with Crippen molar-refractivity contribution in [2.45, 2.75) is 0 Å². The molecule has 10 heavy (non-hydrogen) atoms. The summed E-state index contributed by atoms with van der Waals surface area (Å²) >= 11 is 5.64. The molecule has 0 bridgehead atoms. The van der Waals surface area contributed by atoms with Crippen LogP contribution in [-0.2, 0) is 22.4 Å². The first kappa shape index (κ1) is 9.81. The molecular weight excluding hydrogens is 239 g/mol. The zero-order valence-corrected chi connectivity index (χ0v) is 7.23. The van der Waals surface area contributed by atoms with Crippen molar-refractivity contribution in [1.82, 2.24) is 0 Å². The van der Waals surface area contributed by atoms with Crippen LogP contribution in [0.4, 0.5) is 0 Å². The van der Waals surface area contributed by atoms with Crippen LogP contribution in [0.2, 0.25) is 5.02 Å². The Balaban J connectivity index is 0.000000810. The Kier molecular flexibility index (Phi) is 4.51. The molecule has 0 aromatic heterocycles. The van der Waals surface area contributed by atoms with E-state index in [0.717, 1.165) is 0 Å². The summed E-state index contributed by atoms with van der Waals surface area (Å²) in [4.78, 5) is 0. The molecule has 54 valence electrons. The molecule has 0 unspecified atom stereocenters. The Hall–Kier alpha value is -0.190. The van der Waals surface area contributed by atoms with Gasteiger partial charge in [-0.2, -0.15) is 0 Å². The summed E-state index contributed by atoms with van der Waals surface area (Å²) in [6.45, 7) is 0. The third-order valence-corrected chi connectivity index (χ3v) is 1.34. The summed E-state index contributed by atoms with van der Waals surface area (Å²) in [5.41, 5.74) is 0.638. The van der Waals surface area contributed by atoms with Gasteiger partial charge in [0.25, 0.3) is 0 Å². The van der Waals surface area contributed by atoms with Crippen molar-refractivity contribution in [1.29, 1.82) is 0 Å². The first-order valence-corrected chi connectivity index (χ1v) is 2.89. The minimum Gasteiger partial charge on any atom is -0.366 e. The van der Waals surface area contributed by atoms with Crippen molar-refractivity contribution in [3.05, 3.63) is 41.3 Å². The van der Waals surface area contributed by atoms with Gasteiger partial charge in [-0.3, -0.25) is 5.92 Å². The van der Waals surface area contributed by atoms with Gasteiger partial charge in [-0.1, -0.05) is 18.2 Å². The normalized spacial score (nSPS) is 7.60. The van der Waals surface area contributed by atoms with Crippen LogP contribution in [0.1, 0.15) is 5.56 Å². The SMILES string of the molecule is [Ag+].[C-]#Cc1ccccc1Cl.